The molecule has 1 aromatic rings. The standard InChI is InChI=1S/C14H21N3O3/c18-13(16-11-12-7-9-15-10-8-12)5-3-1-2-4-6-14(19)17-20/h7-10,20H,1-6,11H2,(H,16,18)(H,17,19). The van der Waals surface area contributed by atoms with E-state index in [1.807, 2.05) is 12.1 Å². The van der Waals surface area contributed by atoms with Gasteiger partial charge in [-0.25, -0.2) is 5.48 Å². The molecule has 1 aromatic heterocycles. The van der Waals surface area contributed by atoms with Gasteiger partial charge in [0.2, 0.25) is 11.8 Å². The van der Waals surface area contributed by atoms with Crippen molar-refractivity contribution in [3.8, 4) is 0 Å². The Bertz CT molecular complexity index is 409. The second kappa shape index (κ2) is 9.91. The zero-order valence-electron chi connectivity index (χ0n) is 11.5. The minimum atomic E-state index is -0.361. The van der Waals surface area contributed by atoms with E-state index < -0.39 is 0 Å². The first-order valence-corrected chi connectivity index (χ1v) is 6.81. The molecule has 0 spiro atoms. The van der Waals surface area contributed by atoms with E-state index in [0.29, 0.717) is 19.4 Å². The summed E-state index contributed by atoms with van der Waals surface area (Å²) in [7, 11) is 0. The Morgan fingerprint density at radius 1 is 1.00 bits per heavy atom. The van der Waals surface area contributed by atoms with Crippen molar-refractivity contribution < 1.29 is 14.8 Å². The maximum atomic E-state index is 11.6. The molecule has 1 rings (SSSR count). The zero-order chi connectivity index (χ0) is 14.6. The molecule has 110 valence electrons. The van der Waals surface area contributed by atoms with E-state index in [1.54, 1.807) is 17.9 Å². The van der Waals surface area contributed by atoms with Crippen molar-refractivity contribution in [2.75, 3.05) is 0 Å². The number of nitrogens with one attached hydrogen (secondary N) is 2. The van der Waals surface area contributed by atoms with Crippen LogP contribution in [0.15, 0.2) is 24.5 Å². The number of amides is 2. The van der Waals surface area contributed by atoms with Crippen LogP contribution in [0.4, 0.5) is 0 Å². The van der Waals surface area contributed by atoms with Crippen molar-refractivity contribution in [1.82, 2.24) is 15.8 Å². The van der Waals surface area contributed by atoms with Gasteiger partial charge >= 0.3 is 0 Å². The van der Waals surface area contributed by atoms with Crippen molar-refractivity contribution >= 4 is 11.8 Å². The molecule has 6 nitrogen and oxygen atoms in total. The number of unbranched alkanes of at least 4 members (excludes halogenated alkanes) is 3. The molecule has 2 amide bonds. The van der Waals surface area contributed by atoms with E-state index in [9.17, 15) is 9.59 Å². The lowest BCUT2D eigenvalue weighted by molar-refractivity contribution is -0.129. The van der Waals surface area contributed by atoms with Gasteiger partial charge in [0.1, 0.15) is 0 Å². The van der Waals surface area contributed by atoms with Gasteiger partial charge in [-0.05, 0) is 30.5 Å². The molecule has 0 bridgehead atoms. The molecule has 0 fully saturated rings. The molecule has 0 saturated carbocycles. The second-order valence-corrected chi connectivity index (χ2v) is 4.58. The van der Waals surface area contributed by atoms with Gasteiger partial charge in [-0.15, -0.1) is 0 Å². The third-order valence-corrected chi connectivity index (χ3v) is 2.92. The molecular formula is C14H21N3O3. The number of nitrogens with zero attached hydrogens (tertiary/aromatic N) is 1. The first kappa shape index (κ1) is 16.1. The van der Waals surface area contributed by atoms with Crippen LogP contribution in [-0.2, 0) is 16.1 Å². The fourth-order valence-corrected chi connectivity index (χ4v) is 1.77. The zero-order valence-corrected chi connectivity index (χ0v) is 11.5. The number of carbonyl (C=O) groups excluding carboxylic acids is 2. The summed E-state index contributed by atoms with van der Waals surface area (Å²) >= 11 is 0. The van der Waals surface area contributed by atoms with E-state index in [4.69, 9.17) is 5.21 Å². The summed E-state index contributed by atoms with van der Waals surface area (Å²) in [6.07, 6.45) is 7.54. The second-order valence-electron chi connectivity index (χ2n) is 4.58. The Hall–Kier alpha value is -1.95. The fraction of sp³-hybridized carbons (Fsp3) is 0.500. The van der Waals surface area contributed by atoms with E-state index in [0.717, 1.165) is 31.2 Å². The molecule has 0 aliphatic rings. The van der Waals surface area contributed by atoms with Crippen LogP contribution in [0.3, 0.4) is 0 Å². The lowest BCUT2D eigenvalue weighted by atomic mass is 10.1. The van der Waals surface area contributed by atoms with Gasteiger partial charge < -0.3 is 5.32 Å². The highest BCUT2D eigenvalue weighted by Crippen LogP contribution is 2.05. The quantitative estimate of drug-likeness (QED) is 0.363. The Morgan fingerprint density at radius 2 is 1.60 bits per heavy atom. The highest BCUT2D eigenvalue weighted by molar-refractivity contribution is 5.75. The van der Waals surface area contributed by atoms with E-state index in [1.165, 1.54) is 0 Å². The molecule has 0 aromatic carbocycles. The van der Waals surface area contributed by atoms with E-state index >= 15 is 0 Å². The average molecular weight is 279 g/mol. The first-order valence-electron chi connectivity index (χ1n) is 6.81. The maximum Gasteiger partial charge on any atom is 0.243 e. The van der Waals surface area contributed by atoms with Crippen LogP contribution in [-0.4, -0.2) is 22.0 Å². The lowest BCUT2D eigenvalue weighted by Crippen LogP contribution is -2.22. The summed E-state index contributed by atoms with van der Waals surface area (Å²) in [6.45, 7) is 0.526. The first-order chi connectivity index (χ1) is 9.72. The predicted molar refractivity (Wildman–Crippen MR) is 73.7 cm³/mol. The Balaban J connectivity index is 1.99. The number of hydrogen-bond acceptors (Lipinski definition) is 4. The summed E-state index contributed by atoms with van der Waals surface area (Å²) in [5, 5.41) is 11.2. The van der Waals surface area contributed by atoms with Gasteiger partial charge in [-0.1, -0.05) is 12.8 Å². The number of carbonyl (C=O) groups is 2. The lowest BCUT2D eigenvalue weighted by Gasteiger charge is -2.05. The third-order valence-electron chi connectivity index (χ3n) is 2.92. The van der Waals surface area contributed by atoms with Gasteiger partial charge in [0.25, 0.3) is 0 Å². The van der Waals surface area contributed by atoms with Crippen LogP contribution in [0.25, 0.3) is 0 Å². The fourth-order valence-electron chi connectivity index (χ4n) is 1.77. The van der Waals surface area contributed by atoms with Crippen molar-refractivity contribution in [1.29, 1.82) is 0 Å². The molecule has 3 N–H and O–H groups in total. The number of hydrogen-bond donors (Lipinski definition) is 3. The molecule has 0 radical (unpaired) electrons. The van der Waals surface area contributed by atoms with Gasteiger partial charge in [-0.2, -0.15) is 0 Å². The van der Waals surface area contributed by atoms with E-state index in [2.05, 4.69) is 10.3 Å². The smallest absolute Gasteiger partial charge is 0.243 e. The van der Waals surface area contributed by atoms with Crippen LogP contribution in [0.1, 0.15) is 44.1 Å². The monoisotopic (exact) mass is 279 g/mol. The average Bonchev–Trinajstić information content (AvgIpc) is 2.49. The Kier molecular flexibility index (Phi) is 7.98. The van der Waals surface area contributed by atoms with Gasteiger partial charge in [0, 0.05) is 31.8 Å². The number of hydroxylamine groups is 1. The summed E-state index contributed by atoms with van der Waals surface area (Å²) in [6, 6.07) is 3.74. The molecule has 6 heteroatoms. The van der Waals surface area contributed by atoms with E-state index in [-0.39, 0.29) is 11.8 Å². The molecular weight excluding hydrogens is 258 g/mol. The molecule has 20 heavy (non-hydrogen) atoms. The van der Waals surface area contributed by atoms with Gasteiger partial charge in [0.05, 0.1) is 0 Å². The number of aromatic nitrogens is 1. The summed E-state index contributed by atoms with van der Waals surface area (Å²) in [5.41, 5.74) is 2.63. The molecule has 0 saturated heterocycles. The third kappa shape index (κ3) is 7.48. The summed E-state index contributed by atoms with van der Waals surface area (Å²) in [4.78, 5) is 26.2. The Morgan fingerprint density at radius 3 is 2.20 bits per heavy atom. The van der Waals surface area contributed by atoms with Gasteiger partial charge in [0.15, 0.2) is 0 Å². The number of rotatable bonds is 9. The van der Waals surface area contributed by atoms with Crippen molar-refractivity contribution in [3.05, 3.63) is 30.1 Å². The van der Waals surface area contributed by atoms with Crippen LogP contribution >= 0.6 is 0 Å². The normalized spacial score (nSPS) is 10.1. The minimum Gasteiger partial charge on any atom is -0.352 e. The summed E-state index contributed by atoms with van der Waals surface area (Å²) < 4.78 is 0. The van der Waals surface area contributed by atoms with Gasteiger partial charge in [-0.3, -0.25) is 19.8 Å². The maximum absolute atomic E-state index is 11.6. The van der Waals surface area contributed by atoms with Crippen LogP contribution in [0, 0.1) is 0 Å². The SMILES string of the molecule is O=C(CCCCCCC(=O)NCc1ccncc1)NO. The van der Waals surface area contributed by atoms with Crippen molar-refractivity contribution in [2.45, 2.75) is 45.1 Å². The summed E-state index contributed by atoms with van der Waals surface area (Å²) in [5.74, 6) is -0.324. The van der Waals surface area contributed by atoms with Crippen molar-refractivity contribution in [3.63, 3.8) is 0 Å². The molecule has 0 atom stereocenters. The largest absolute Gasteiger partial charge is 0.352 e. The van der Waals surface area contributed by atoms with Crippen LogP contribution in [0.5, 0.6) is 0 Å². The highest BCUT2D eigenvalue weighted by atomic mass is 16.5. The predicted octanol–water partition coefficient (Wildman–Crippen LogP) is 1.54. The van der Waals surface area contributed by atoms with Crippen LogP contribution in [0.2, 0.25) is 0 Å². The molecule has 0 aliphatic heterocycles. The van der Waals surface area contributed by atoms with Crippen molar-refractivity contribution in [2.24, 2.45) is 0 Å². The number of pyridine rings is 1. The molecule has 0 unspecified atom stereocenters. The molecule has 1 heterocycles. The van der Waals surface area contributed by atoms with Crippen LogP contribution < -0.4 is 10.8 Å². The highest BCUT2D eigenvalue weighted by Gasteiger charge is 2.02. The molecule has 0 aliphatic carbocycles. The minimum absolute atomic E-state index is 0.0370. The Labute approximate surface area is 118 Å². The topological polar surface area (TPSA) is 91.3 Å².